The van der Waals surface area contributed by atoms with E-state index >= 15 is 0 Å². The van der Waals surface area contributed by atoms with Gasteiger partial charge in [0.2, 0.25) is 0 Å². The summed E-state index contributed by atoms with van der Waals surface area (Å²) >= 11 is 0. The number of ether oxygens (including phenoxy) is 1. The second-order valence-electron chi connectivity index (χ2n) is 5.10. The lowest BCUT2D eigenvalue weighted by molar-refractivity contribution is 0.0785. The summed E-state index contributed by atoms with van der Waals surface area (Å²) in [4.78, 5) is 25.5. The minimum Gasteiger partial charge on any atom is -0.494 e. The average molecular weight is 300 g/mol. The first-order valence-electron chi connectivity index (χ1n) is 7.15. The number of amides is 1. The molecular weight excluding hydrogens is 280 g/mol. The molecule has 0 radical (unpaired) electrons. The number of hydrogen-bond acceptors (Lipinski definition) is 3. The summed E-state index contributed by atoms with van der Waals surface area (Å²) in [5.74, 6) is 0.637. The van der Waals surface area contributed by atoms with Crippen LogP contribution in [-0.2, 0) is 13.6 Å². The second kappa shape index (κ2) is 6.93. The maximum atomic E-state index is 12.3. The van der Waals surface area contributed by atoms with E-state index in [1.807, 2.05) is 31.2 Å². The Morgan fingerprint density at radius 2 is 1.91 bits per heavy atom. The molecule has 116 valence electrons. The Balaban J connectivity index is 2.07. The van der Waals surface area contributed by atoms with Crippen LogP contribution in [0, 0.1) is 0 Å². The molecular formula is C17H20N2O3. The predicted molar refractivity (Wildman–Crippen MR) is 85.1 cm³/mol. The van der Waals surface area contributed by atoms with Crippen LogP contribution >= 0.6 is 0 Å². The Morgan fingerprint density at radius 3 is 2.50 bits per heavy atom. The van der Waals surface area contributed by atoms with Crippen molar-refractivity contribution in [3.8, 4) is 5.75 Å². The summed E-state index contributed by atoms with van der Waals surface area (Å²) < 4.78 is 6.82. The lowest BCUT2D eigenvalue weighted by Gasteiger charge is -2.17. The highest BCUT2D eigenvalue weighted by Crippen LogP contribution is 2.14. The summed E-state index contributed by atoms with van der Waals surface area (Å²) in [5.41, 5.74) is 1.21. The fraction of sp³-hybridized carbons (Fsp3) is 0.294. The van der Waals surface area contributed by atoms with E-state index < -0.39 is 0 Å². The van der Waals surface area contributed by atoms with Gasteiger partial charge in [0.25, 0.3) is 11.5 Å². The molecule has 0 atom stereocenters. The zero-order valence-corrected chi connectivity index (χ0v) is 13.1. The molecule has 0 aliphatic rings. The molecule has 0 aliphatic heterocycles. The van der Waals surface area contributed by atoms with Crippen molar-refractivity contribution in [2.45, 2.75) is 13.5 Å². The summed E-state index contributed by atoms with van der Waals surface area (Å²) in [5, 5.41) is 0. The zero-order chi connectivity index (χ0) is 16.1. The smallest absolute Gasteiger partial charge is 0.254 e. The number of hydrogen-bond donors (Lipinski definition) is 0. The monoisotopic (exact) mass is 300 g/mol. The highest BCUT2D eigenvalue weighted by Gasteiger charge is 2.13. The fourth-order valence-electron chi connectivity index (χ4n) is 2.11. The lowest BCUT2D eigenvalue weighted by atomic mass is 10.2. The number of carbonyl (C=O) groups excluding carboxylic acids is 1. The van der Waals surface area contributed by atoms with Gasteiger partial charge in [-0.25, -0.2) is 0 Å². The molecule has 0 spiro atoms. The van der Waals surface area contributed by atoms with Gasteiger partial charge >= 0.3 is 0 Å². The first kappa shape index (κ1) is 15.8. The largest absolute Gasteiger partial charge is 0.494 e. The second-order valence-corrected chi connectivity index (χ2v) is 5.10. The van der Waals surface area contributed by atoms with E-state index in [4.69, 9.17) is 4.74 Å². The molecule has 5 nitrogen and oxygen atoms in total. The van der Waals surface area contributed by atoms with Gasteiger partial charge < -0.3 is 14.2 Å². The topological polar surface area (TPSA) is 51.5 Å². The van der Waals surface area contributed by atoms with Crippen molar-refractivity contribution in [1.29, 1.82) is 0 Å². The molecule has 0 saturated heterocycles. The van der Waals surface area contributed by atoms with E-state index in [0.29, 0.717) is 18.7 Å². The molecule has 0 aliphatic carbocycles. The number of rotatable bonds is 5. The number of nitrogens with zero attached hydrogens (tertiary/aromatic N) is 2. The Kier molecular flexibility index (Phi) is 4.99. The van der Waals surface area contributed by atoms with E-state index in [1.165, 1.54) is 10.6 Å². The van der Waals surface area contributed by atoms with E-state index in [1.54, 1.807) is 31.3 Å². The van der Waals surface area contributed by atoms with Gasteiger partial charge in [-0.2, -0.15) is 0 Å². The molecule has 1 aromatic carbocycles. The van der Waals surface area contributed by atoms with Crippen LogP contribution in [0.2, 0.25) is 0 Å². The Labute approximate surface area is 129 Å². The molecule has 22 heavy (non-hydrogen) atoms. The molecule has 0 saturated carbocycles. The molecule has 1 heterocycles. The number of carbonyl (C=O) groups is 1. The average Bonchev–Trinajstić information content (AvgIpc) is 2.51. The minimum atomic E-state index is -0.194. The van der Waals surface area contributed by atoms with Crippen molar-refractivity contribution in [1.82, 2.24) is 9.47 Å². The molecule has 2 rings (SSSR count). The zero-order valence-electron chi connectivity index (χ0n) is 13.1. The molecule has 0 unspecified atom stereocenters. The number of aryl methyl sites for hydroxylation is 1. The molecule has 2 aromatic rings. The van der Waals surface area contributed by atoms with E-state index in [0.717, 1.165) is 11.3 Å². The van der Waals surface area contributed by atoms with Crippen molar-refractivity contribution in [3.05, 3.63) is 64.1 Å². The van der Waals surface area contributed by atoms with Crippen molar-refractivity contribution >= 4 is 5.91 Å². The van der Waals surface area contributed by atoms with Gasteiger partial charge in [0.1, 0.15) is 5.75 Å². The van der Waals surface area contributed by atoms with Crippen molar-refractivity contribution < 1.29 is 9.53 Å². The summed E-state index contributed by atoms with van der Waals surface area (Å²) in [6.07, 6.45) is 1.60. The van der Waals surface area contributed by atoms with Crippen molar-refractivity contribution in [3.63, 3.8) is 0 Å². The van der Waals surface area contributed by atoms with Gasteiger partial charge in [-0.05, 0) is 30.7 Å². The number of benzene rings is 1. The van der Waals surface area contributed by atoms with Gasteiger partial charge in [-0.1, -0.05) is 12.1 Å². The maximum Gasteiger partial charge on any atom is 0.254 e. The SMILES string of the molecule is CCOc1ccc(CN(C)C(=O)c2ccn(C)c(=O)c2)cc1. The standard InChI is InChI=1S/C17H20N2O3/c1-4-22-15-7-5-13(6-8-15)12-19(3)17(21)14-9-10-18(2)16(20)11-14/h5-11H,4,12H2,1-3H3. The number of aromatic nitrogens is 1. The van der Waals surface area contributed by atoms with Crippen LogP contribution in [-0.4, -0.2) is 29.0 Å². The Bertz CT molecular complexity index is 705. The van der Waals surface area contributed by atoms with Crippen LogP contribution in [0.15, 0.2) is 47.4 Å². The highest BCUT2D eigenvalue weighted by atomic mass is 16.5. The van der Waals surface area contributed by atoms with Crippen molar-refractivity contribution in [2.24, 2.45) is 7.05 Å². The highest BCUT2D eigenvalue weighted by molar-refractivity contribution is 5.93. The summed E-state index contributed by atoms with van der Waals surface area (Å²) in [7, 11) is 3.37. The maximum absolute atomic E-state index is 12.3. The van der Waals surface area contributed by atoms with Gasteiger partial charge in [-0.15, -0.1) is 0 Å². The van der Waals surface area contributed by atoms with Gasteiger partial charge in [0.05, 0.1) is 6.61 Å². The predicted octanol–water partition coefficient (Wildman–Crippen LogP) is 2.06. The number of pyridine rings is 1. The van der Waals surface area contributed by atoms with Crippen LogP contribution in [0.4, 0.5) is 0 Å². The molecule has 0 N–H and O–H groups in total. The molecule has 1 amide bonds. The third-order valence-corrected chi connectivity index (χ3v) is 3.35. The molecule has 0 bridgehead atoms. The Morgan fingerprint density at radius 1 is 1.23 bits per heavy atom. The van der Waals surface area contributed by atoms with Gasteiger partial charge in [-0.3, -0.25) is 9.59 Å². The Hall–Kier alpha value is -2.56. The molecule has 5 heteroatoms. The normalized spacial score (nSPS) is 10.3. The quantitative estimate of drug-likeness (QED) is 0.849. The van der Waals surface area contributed by atoms with E-state index in [9.17, 15) is 9.59 Å². The fourth-order valence-corrected chi connectivity index (χ4v) is 2.11. The summed E-state index contributed by atoms with van der Waals surface area (Å²) in [6.45, 7) is 3.03. The third kappa shape index (κ3) is 3.75. The molecule has 0 fully saturated rings. The molecule has 1 aromatic heterocycles. The van der Waals surface area contributed by atoms with Crippen LogP contribution < -0.4 is 10.3 Å². The van der Waals surface area contributed by atoms with Crippen LogP contribution in [0.1, 0.15) is 22.8 Å². The first-order chi connectivity index (χ1) is 10.5. The van der Waals surface area contributed by atoms with Crippen LogP contribution in [0.3, 0.4) is 0 Å². The summed E-state index contributed by atoms with van der Waals surface area (Å²) in [6, 6.07) is 10.6. The van der Waals surface area contributed by atoms with Crippen LogP contribution in [0.25, 0.3) is 0 Å². The minimum absolute atomic E-state index is 0.174. The van der Waals surface area contributed by atoms with Gasteiger partial charge in [0.15, 0.2) is 0 Å². The first-order valence-corrected chi connectivity index (χ1v) is 7.15. The lowest BCUT2D eigenvalue weighted by Crippen LogP contribution is -2.28. The van der Waals surface area contributed by atoms with E-state index in [2.05, 4.69) is 0 Å². The van der Waals surface area contributed by atoms with Crippen molar-refractivity contribution in [2.75, 3.05) is 13.7 Å². The van der Waals surface area contributed by atoms with Gasteiger partial charge in [0, 0.05) is 38.5 Å². The van der Waals surface area contributed by atoms with E-state index in [-0.39, 0.29) is 11.5 Å². The third-order valence-electron chi connectivity index (χ3n) is 3.35. The van der Waals surface area contributed by atoms with Crippen LogP contribution in [0.5, 0.6) is 5.75 Å².